The molecule has 3 heteroatoms. The molecule has 2 atom stereocenters. The first-order valence-electron chi connectivity index (χ1n) is 7.45. The molecule has 1 heterocycles. The lowest BCUT2D eigenvalue weighted by Crippen LogP contribution is -2.56. The summed E-state index contributed by atoms with van der Waals surface area (Å²) in [6, 6.07) is 8.37. The highest BCUT2D eigenvalue weighted by atomic mass is 19.1. The van der Waals surface area contributed by atoms with Gasteiger partial charge in [-0.25, -0.2) is 4.39 Å². The summed E-state index contributed by atoms with van der Waals surface area (Å²) in [6.07, 6.45) is 3.58. The van der Waals surface area contributed by atoms with Gasteiger partial charge in [0.25, 0.3) is 0 Å². The second-order valence-corrected chi connectivity index (χ2v) is 6.04. The molecule has 1 aromatic rings. The number of nitrogens with zero attached hydrogens (tertiary/aromatic N) is 1. The number of halogens is 1. The van der Waals surface area contributed by atoms with Gasteiger partial charge in [0.15, 0.2) is 0 Å². The normalized spacial score (nSPS) is 28.5. The molecule has 0 bridgehead atoms. The Kier molecular flexibility index (Phi) is 3.85. The summed E-state index contributed by atoms with van der Waals surface area (Å²) >= 11 is 0. The van der Waals surface area contributed by atoms with Gasteiger partial charge in [-0.1, -0.05) is 18.2 Å². The highest BCUT2D eigenvalue weighted by Gasteiger charge is 2.35. The summed E-state index contributed by atoms with van der Waals surface area (Å²) in [5.74, 6) is 0.826. The molecular weight excluding hydrogens is 239 g/mol. The van der Waals surface area contributed by atoms with E-state index in [-0.39, 0.29) is 5.82 Å². The van der Waals surface area contributed by atoms with Gasteiger partial charge in [0.2, 0.25) is 0 Å². The van der Waals surface area contributed by atoms with E-state index in [4.69, 9.17) is 0 Å². The van der Waals surface area contributed by atoms with Crippen LogP contribution < -0.4 is 5.32 Å². The Balaban J connectivity index is 1.57. The fraction of sp³-hybridized carbons (Fsp3) is 0.625. The Morgan fingerprint density at radius 1 is 1.32 bits per heavy atom. The zero-order chi connectivity index (χ0) is 13.2. The van der Waals surface area contributed by atoms with Crippen LogP contribution in [0.15, 0.2) is 24.3 Å². The maximum atomic E-state index is 13.6. The molecule has 0 amide bonds. The maximum absolute atomic E-state index is 13.6. The predicted molar refractivity (Wildman–Crippen MR) is 75.7 cm³/mol. The van der Waals surface area contributed by atoms with E-state index < -0.39 is 0 Å². The van der Waals surface area contributed by atoms with Gasteiger partial charge in [-0.3, -0.25) is 4.90 Å². The van der Waals surface area contributed by atoms with E-state index >= 15 is 0 Å². The van der Waals surface area contributed by atoms with Crippen molar-refractivity contribution in [1.29, 1.82) is 0 Å². The SMILES string of the molecule is CC1CNC(C2CC2)CN1CCc1ccccc1F. The molecular formula is C16H23FN2. The molecule has 0 aromatic heterocycles. The van der Waals surface area contributed by atoms with E-state index in [1.165, 1.54) is 12.8 Å². The van der Waals surface area contributed by atoms with Crippen molar-refractivity contribution in [2.75, 3.05) is 19.6 Å². The molecule has 104 valence electrons. The molecule has 1 N–H and O–H groups in total. The molecule has 1 saturated heterocycles. The Morgan fingerprint density at radius 3 is 2.84 bits per heavy atom. The number of piperazine rings is 1. The number of hydrogen-bond donors (Lipinski definition) is 1. The van der Waals surface area contributed by atoms with Crippen LogP contribution in [0.25, 0.3) is 0 Å². The van der Waals surface area contributed by atoms with Gasteiger partial charge >= 0.3 is 0 Å². The molecule has 2 nitrogen and oxygen atoms in total. The lowest BCUT2D eigenvalue weighted by atomic mass is 10.0. The summed E-state index contributed by atoms with van der Waals surface area (Å²) < 4.78 is 13.6. The van der Waals surface area contributed by atoms with Crippen LogP contribution in [0.2, 0.25) is 0 Å². The topological polar surface area (TPSA) is 15.3 Å². The fourth-order valence-corrected chi connectivity index (χ4v) is 3.04. The van der Waals surface area contributed by atoms with Gasteiger partial charge in [-0.15, -0.1) is 0 Å². The number of nitrogens with one attached hydrogen (secondary N) is 1. The van der Waals surface area contributed by atoms with E-state index in [2.05, 4.69) is 17.1 Å². The first kappa shape index (κ1) is 13.1. The van der Waals surface area contributed by atoms with Gasteiger partial charge in [-0.2, -0.15) is 0 Å². The Bertz CT molecular complexity index is 431. The second-order valence-electron chi connectivity index (χ2n) is 6.04. The molecule has 1 aliphatic heterocycles. The number of hydrogen-bond acceptors (Lipinski definition) is 2. The van der Waals surface area contributed by atoms with Crippen molar-refractivity contribution in [1.82, 2.24) is 10.2 Å². The van der Waals surface area contributed by atoms with Gasteiger partial charge in [0.1, 0.15) is 5.82 Å². The van der Waals surface area contributed by atoms with Gasteiger partial charge in [0, 0.05) is 31.7 Å². The Hall–Kier alpha value is -0.930. The minimum Gasteiger partial charge on any atom is -0.311 e. The summed E-state index contributed by atoms with van der Waals surface area (Å²) in [6.45, 7) is 5.42. The molecule has 1 aromatic carbocycles. The van der Waals surface area contributed by atoms with E-state index in [1.807, 2.05) is 12.1 Å². The molecule has 0 spiro atoms. The van der Waals surface area contributed by atoms with Crippen LogP contribution >= 0.6 is 0 Å². The largest absolute Gasteiger partial charge is 0.311 e. The van der Waals surface area contributed by atoms with Crippen molar-refractivity contribution in [3.8, 4) is 0 Å². The molecule has 0 radical (unpaired) electrons. The molecule has 2 aliphatic rings. The number of benzene rings is 1. The Morgan fingerprint density at radius 2 is 2.11 bits per heavy atom. The van der Waals surface area contributed by atoms with Gasteiger partial charge in [-0.05, 0) is 43.7 Å². The minimum absolute atomic E-state index is 0.0657. The van der Waals surface area contributed by atoms with E-state index in [9.17, 15) is 4.39 Å². The van der Waals surface area contributed by atoms with Crippen LogP contribution in [0.3, 0.4) is 0 Å². The van der Waals surface area contributed by atoms with E-state index in [0.717, 1.165) is 37.5 Å². The first-order valence-corrected chi connectivity index (χ1v) is 7.45. The van der Waals surface area contributed by atoms with Gasteiger partial charge < -0.3 is 5.32 Å². The third-order valence-corrected chi connectivity index (χ3v) is 4.55. The molecule has 2 unspecified atom stereocenters. The summed E-state index contributed by atoms with van der Waals surface area (Å²) in [5.41, 5.74) is 0.844. The average molecular weight is 262 g/mol. The summed E-state index contributed by atoms with van der Waals surface area (Å²) in [4.78, 5) is 2.52. The highest BCUT2D eigenvalue weighted by molar-refractivity contribution is 5.17. The van der Waals surface area contributed by atoms with Gasteiger partial charge in [0.05, 0.1) is 0 Å². The lowest BCUT2D eigenvalue weighted by molar-refractivity contribution is 0.134. The lowest BCUT2D eigenvalue weighted by Gasteiger charge is -2.39. The third-order valence-electron chi connectivity index (χ3n) is 4.55. The first-order chi connectivity index (χ1) is 9.24. The van der Waals surface area contributed by atoms with Crippen molar-refractivity contribution >= 4 is 0 Å². The Labute approximate surface area is 115 Å². The van der Waals surface area contributed by atoms with Crippen molar-refractivity contribution in [3.05, 3.63) is 35.6 Å². The predicted octanol–water partition coefficient (Wildman–Crippen LogP) is 2.44. The van der Waals surface area contributed by atoms with Crippen molar-refractivity contribution < 1.29 is 4.39 Å². The maximum Gasteiger partial charge on any atom is 0.126 e. The quantitative estimate of drug-likeness (QED) is 0.896. The summed E-state index contributed by atoms with van der Waals surface area (Å²) in [5, 5.41) is 3.65. The van der Waals surface area contributed by atoms with Crippen LogP contribution in [0, 0.1) is 11.7 Å². The third kappa shape index (κ3) is 3.15. The zero-order valence-electron chi connectivity index (χ0n) is 11.6. The standard InChI is InChI=1S/C16H23FN2/c1-12-10-18-16(14-6-7-14)11-19(12)9-8-13-4-2-3-5-15(13)17/h2-5,12,14,16,18H,6-11H2,1H3. The number of rotatable bonds is 4. The smallest absolute Gasteiger partial charge is 0.126 e. The van der Waals surface area contributed by atoms with Crippen molar-refractivity contribution in [3.63, 3.8) is 0 Å². The molecule has 19 heavy (non-hydrogen) atoms. The molecule has 2 fully saturated rings. The second kappa shape index (κ2) is 5.59. The zero-order valence-corrected chi connectivity index (χ0v) is 11.6. The monoisotopic (exact) mass is 262 g/mol. The van der Waals surface area contributed by atoms with Crippen molar-refractivity contribution in [2.45, 2.75) is 38.3 Å². The molecule has 1 aliphatic carbocycles. The molecule has 3 rings (SSSR count). The molecule has 1 saturated carbocycles. The van der Waals surface area contributed by atoms with E-state index in [0.29, 0.717) is 12.1 Å². The van der Waals surface area contributed by atoms with Crippen LogP contribution in [0.1, 0.15) is 25.3 Å². The van der Waals surface area contributed by atoms with Crippen LogP contribution in [0.5, 0.6) is 0 Å². The van der Waals surface area contributed by atoms with E-state index in [1.54, 1.807) is 12.1 Å². The van der Waals surface area contributed by atoms with Crippen LogP contribution in [0.4, 0.5) is 4.39 Å². The fourth-order valence-electron chi connectivity index (χ4n) is 3.04. The van der Waals surface area contributed by atoms with Crippen LogP contribution in [-0.4, -0.2) is 36.6 Å². The highest BCUT2D eigenvalue weighted by Crippen LogP contribution is 2.34. The minimum atomic E-state index is -0.0657. The van der Waals surface area contributed by atoms with Crippen LogP contribution in [-0.2, 0) is 6.42 Å². The van der Waals surface area contributed by atoms with Crippen molar-refractivity contribution in [2.24, 2.45) is 5.92 Å². The average Bonchev–Trinajstić information content (AvgIpc) is 3.24. The summed E-state index contributed by atoms with van der Waals surface area (Å²) in [7, 11) is 0.